The van der Waals surface area contributed by atoms with Crippen LogP contribution in [0.2, 0.25) is 0 Å². The lowest BCUT2D eigenvalue weighted by molar-refractivity contribution is -0.136. The number of benzene rings is 1. The Morgan fingerprint density at radius 1 is 0.895 bits per heavy atom. The molecule has 57 heavy (non-hydrogen) atoms. The van der Waals surface area contributed by atoms with E-state index in [-0.39, 0.29) is 53.9 Å². The van der Waals surface area contributed by atoms with Gasteiger partial charge in [0.2, 0.25) is 17.7 Å². The number of anilines is 2. The summed E-state index contributed by atoms with van der Waals surface area (Å²) in [6.07, 6.45) is 9.36. The van der Waals surface area contributed by atoms with E-state index in [0.717, 1.165) is 61.2 Å². The molecular weight excluding hydrogens is 731 g/mol. The minimum atomic E-state index is -1.01. The van der Waals surface area contributed by atoms with Crippen molar-refractivity contribution in [3.8, 4) is 0 Å². The first kappa shape index (κ1) is 37.7. The number of hydrogen-bond acceptors (Lipinski definition) is 12. The van der Waals surface area contributed by atoms with Crippen LogP contribution in [0.5, 0.6) is 0 Å². The van der Waals surface area contributed by atoms with Gasteiger partial charge in [-0.2, -0.15) is 0 Å². The van der Waals surface area contributed by atoms with Gasteiger partial charge in [0.25, 0.3) is 17.7 Å². The SMILES string of the molecule is Cc1cccc(C(=O)NC2CC(n3cnc4c(NC5CCN(C(=O)CCCCCNc6cccc7c6C(=O)N([C@@H]6CCC(=O)NC6=O)C7=O)CC5)ncnc43)C2)n1. The predicted molar refractivity (Wildman–Crippen MR) is 207 cm³/mol. The number of likely N-dealkylation sites (tertiary alicyclic amines) is 1. The maximum atomic E-state index is 13.3. The topological polar surface area (TPSA) is 214 Å². The zero-order valence-corrected chi connectivity index (χ0v) is 31.7. The summed E-state index contributed by atoms with van der Waals surface area (Å²) in [5, 5.41) is 12.1. The van der Waals surface area contributed by atoms with E-state index in [4.69, 9.17) is 0 Å². The lowest BCUT2D eigenvalue weighted by Crippen LogP contribution is -2.54. The zero-order chi connectivity index (χ0) is 39.6. The molecular formula is C40H45N11O6. The zero-order valence-electron chi connectivity index (χ0n) is 31.7. The van der Waals surface area contributed by atoms with Gasteiger partial charge in [0.05, 0.1) is 17.5 Å². The van der Waals surface area contributed by atoms with Crippen LogP contribution in [-0.2, 0) is 14.4 Å². The molecule has 3 fully saturated rings. The molecule has 4 aromatic rings. The number of carbonyl (C=O) groups is 6. The standard InChI is InChI=1S/C40H45N11O6/c1-23-7-5-10-29(45-23)37(54)47-25-19-26(20-25)50-22-44-34-35(42-21-43-36(34)50)46-24-14-17-49(18-15-24)32(53)11-3-2-4-16-41-28-9-6-8-27-33(28)40(57)51(39(27)56)30-12-13-31(52)48-38(30)55/h5-10,21-22,24-26,30,41H,2-4,11-20H2,1H3,(H,47,54)(H,42,43,46)(H,48,52,55)/t25?,26?,30-/m1/s1. The molecule has 1 aromatic carbocycles. The first-order valence-corrected chi connectivity index (χ1v) is 19.7. The lowest BCUT2D eigenvalue weighted by Gasteiger charge is -2.36. The maximum Gasteiger partial charge on any atom is 0.270 e. The molecule has 6 amide bonds. The summed E-state index contributed by atoms with van der Waals surface area (Å²) in [5.74, 6) is -1.49. The molecule has 1 atom stereocenters. The van der Waals surface area contributed by atoms with Crippen molar-refractivity contribution in [3.05, 3.63) is 71.6 Å². The number of rotatable bonds is 13. The Hall–Kier alpha value is -6.26. The molecule has 3 aliphatic heterocycles. The number of aromatic nitrogens is 5. The van der Waals surface area contributed by atoms with Crippen LogP contribution in [0.3, 0.4) is 0 Å². The fourth-order valence-corrected chi connectivity index (χ4v) is 8.17. The molecule has 17 nitrogen and oxygen atoms in total. The minimum absolute atomic E-state index is 0.0532. The summed E-state index contributed by atoms with van der Waals surface area (Å²) < 4.78 is 2.06. The van der Waals surface area contributed by atoms with Crippen LogP contribution in [-0.4, -0.2) is 108 Å². The van der Waals surface area contributed by atoms with Gasteiger partial charge in [-0.25, -0.2) is 19.9 Å². The molecule has 0 spiro atoms. The van der Waals surface area contributed by atoms with Crippen molar-refractivity contribution in [2.75, 3.05) is 30.3 Å². The highest BCUT2D eigenvalue weighted by Crippen LogP contribution is 2.36. The molecule has 0 bridgehead atoms. The van der Waals surface area contributed by atoms with Crippen LogP contribution in [0.1, 0.15) is 107 Å². The second kappa shape index (κ2) is 16.1. The quantitative estimate of drug-likeness (QED) is 0.114. The summed E-state index contributed by atoms with van der Waals surface area (Å²) in [6.45, 7) is 3.70. The number of nitrogens with one attached hydrogen (secondary N) is 4. The number of unbranched alkanes of at least 4 members (excludes halogenated alkanes) is 2. The molecule has 0 unspecified atom stereocenters. The third-order valence-corrected chi connectivity index (χ3v) is 11.4. The summed E-state index contributed by atoms with van der Waals surface area (Å²) in [4.78, 5) is 97.0. The Morgan fingerprint density at radius 3 is 2.49 bits per heavy atom. The van der Waals surface area contributed by atoms with Gasteiger partial charge in [-0.3, -0.25) is 39.0 Å². The second-order valence-corrected chi connectivity index (χ2v) is 15.2. The van der Waals surface area contributed by atoms with Crippen LogP contribution < -0.4 is 21.3 Å². The summed E-state index contributed by atoms with van der Waals surface area (Å²) in [6, 6.07) is 9.76. The fraction of sp³-hybridized carbons (Fsp3) is 0.450. The van der Waals surface area contributed by atoms with Crippen LogP contribution >= 0.6 is 0 Å². The number of nitrogens with zero attached hydrogens (tertiary/aromatic N) is 7. The van der Waals surface area contributed by atoms with Gasteiger partial charge in [-0.15, -0.1) is 0 Å². The molecule has 2 saturated heterocycles. The highest BCUT2D eigenvalue weighted by molar-refractivity contribution is 6.25. The number of imide groups is 2. The summed E-state index contributed by atoms with van der Waals surface area (Å²) in [7, 11) is 0. The Morgan fingerprint density at radius 2 is 1.70 bits per heavy atom. The van der Waals surface area contributed by atoms with Gasteiger partial charge < -0.3 is 25.4 Å². The number of pyridine rings is 1. The molecule has 296 valence electrons. The van der Waals surface area contributed by atoms with Gasteiger partial charge in [0.1, 0.15) is 23.6 Å². The molecule has 6 heterocycles. The molecule has 3 aromatic heterocycles. The van der Waals surface area contributed by atoms with Crippen molar-refractivity contribution in [1.29, 1.82) is 0 Å². The monoisotopic (exact) mass is 775 g/mol. The van der Waals surface area contributed by atoms with Crippen molar-refractivity contribution < 1.29 is 28.8 Å². The van der Waals surface area contributed by atoms with Gasteiger partial charge in [0, 0.05) is 62.0 Å². The van der Waals surface area contributed by atoms with Crippen molar-refractivity contribution in [2.24, 2.45) is 0 Å². The third-order valence-electron chi connectivity index (χ3n) is 11.4. The Labute approximate surface area is 328 Å². The van der Waals surface area contributed by atoms with E-state index in [2.05, 4.69) is 45.8 Å². The van der Waals surface area contributed by atoms with E-state index < -0.39 is 29.7 Å². The third kappa shape index (κ3) is 7.78. The summed E-state index contributed by atoms with van der Waals surface area (Å²) >= 11 is 0. The average molecular weight is 776 g/mol. The van der Waals surface area contributed by atoms with Gasteiger partial charge in [-0.1, -0.05) is 18.6 Å². The van der Waals surface area contributed by atoms with Gasteiger partial charge in [0.15, 0.2) is 11.5 Å². The first-order valence-electron chi connectivity index (χ1n) is 19.7. The number of carbonyl (C=O) groups excluding carboxylic acids is 6. The largest absolute Gasteiger partial charge is 0.384 e. The fourth-order valence-electron chi connectivity index (χ4n) is 8.17. The van der Waals surface area contributed by atoms with Crippen LogP contribution in [0.15, 0.2) is 49.1 Å². The number of fused-ring (bicyclic) bond motifs is 2. The molecule has 4 N–H and O–H groups in total. The van der Waals surface area contributed by atoms with Crippen LogP contribution in [0.25, 0.3) is 11.2 Å². The molecule has 0 radical (unpaired) electrons. The smallest absolute Gasteiger partial charge is 0.270 e. The highest BCUT2D eigenvalue weighted by atomic mass is 16.2. The number of piperidine rings is 2. The van der Waals surface area contributed by atoms with Crippen LogP contribution in [0, 0.1) is 6.92 Å². The average Bonchev–Trinajstić information content (AvgIpc) is 3.73. The van der Waals surface area contributed by atoms with E-state index >= 15 is 0 Å². The molecule has 4 aliphatic rings. The van der Waals surface area contributed by atoms with E-state index in [1.165, 1.54) is 0 Å². The number of aryl methyl sites for hydroxylation is 1. The normalized spacial score (nSPS) is 21.0. The molecule has 1 saturated carbocycles. The lowest BCUT2D eigenvalue weighted by atomic mass is 9.86. The highest BCUT2D eigenvalue weighted by Gasteiger charge is 2.45. The second-order valence-electron chi connectivity index (χ2n) is 15.2. The Balaban J connectivity index is 0.750. The number of imidazole rings is 1. The van der Waals surface area contributed by atoms with E-state index in [9.17, 15) is 28.8 Å². The number of hydrogen-bond donors (Lipinski definition) is 4. The Kier molecular flexibility index (Phi) is 10.6. The van der Waals surface area contributed by atoms with Crippen molar-refractivity contribution in [1.82, 2.24) is 44.9 Å². The minimum Gasteiger partial charge on any atom is -0.384 e. The molecule has 17 heteroatoms. The molecule has 8 rings (SSSR count). The van der Waals surface area contributed by atoms with Gasteiger partial charge >= 0.3 is 0 Å². The molecule has 1 aliphatic carbocycles. The van der Waals surface area contributed by atoms with Crippen molar-refractivity contribution >= 4 is 58.1 Å². The maximum absolute atomic E-state index is 13.3. The first-order chi connectivity index (χ1) is 27.6. The number of amides is 6. The summed E-state index contributed by atoms with van der Waals surface area (Å²) in [5.41, 5.74) is 3.67. The van der Waals surface area contributed by atoms with E-state index in [1.54, 1.807) is 36.9 Å². The van der Waals surface area contributed by atoms with E-state index in [0.29, 0.717) is 48.8 Å². The van der Waals surface area contributed by atoms with Crippen LogP contribution in [0.4, 0.5) is 11.5 Å². The van der Waals surface area contributed by atoms with Gasteiger partial charge in [-0.05, 0) is 76.1 Å². The predicted octanol–water partition coefficient (Wildman–Crippen LogP) is 3.14. The van der Waals surface area contributed by atoms with Crippen molar-refractivity contribution in [3.63, 3.8) is 0 Å². The Bertz CT molecular complexity index is 2240. The van der Waals surface area contributed by atoms with Crippen molar-refractivity contribution in [2.45, 2.75) is 95.3 Å². The van der Waals surface area contributed by atoms with E-state index in [1.807, 2.05) is 24.0 Å².